The quantitative estimate of drug-likeness (QED) is 0.824. The van der Waals surface area contributed by atoms with Crippen LogP contribution < -0.4 is 0 Å². The summed E-state index contributed by atoms with van der Waals surface area (Å²) in [7, 11) is 0. The standard InChI is InChI=1S/C10H17N3O2/c1-5-7(9(14)15)13-8(6-11-12-13)10(2,3)4/h6-7H,5H2,1-4H3,(H,14,15). The number of hydrogen-bond acceptors (Lipinski definition) is 3. The molecule has 0 fully saturated rings. The van der Waals surface area contributed by atoms with E-state index in [9.17, 15) is 4.79 Å². The zero-order chi connectivity index (χ0) is 11.6. The number of aromatic nitrogens is 3. The first-order valence-corrected chi connectivity index (χ1v) is 5.01. The number of aliphatic carboxylic acids is 1. The zero-order valence-electron chi connectivity index (χ0n) is 9.56. The number of carboxylic acid groups (broad SMARTS) is 1. The number of carboxylic acids is 1. The minimum Gasteiger partial charge on any atom is -0.480 e. The smallest absolute Gasteiger partial charge is 0.328 e. The number of hydrogen-bond donors (Lipinski definition) is 1. The Balaban J connectivity index is 3.14. The molecular formula is C10H17N3O2. The van der Waals surface area contributed by atoms with Crippen molar-refractivity contribution in [2.45, 2.75) is 45.6 Å². The molecule has 0 spiro atoms. The Bertz CT molecular complexity index is 352. The van der Waals surface area contributed by atoms with E-state index >= 15 is 0 Å². The van der Waals surface area contributed by atoms with Gasteiger partial charge in [0.1, 0.15) is 0 Å². The highest BCUT2D eigenvalue weighted by atomic mass is 16.4. The van der Waals surface area contributed by atoms with Gasteiger partial charge in [-0.05, 0) is 6.42 Å². The van der Waals surface area contributed by atoms with E-state index in [1.807, 2.05) is 27.7 Å². The van der Waals surface area contributed by atoms with Gasteiger partial charge in [-0.15, -0.1) is 5.10 Å². The van der Waals surface area contributed by atoms with Crippen LogP contribution in [0.3, 0.4) is 0 Å². The van der Waals surface area contributed by atoms with Crippen LogP contribution in [0.4, 0.5) is 0 Å². The molecule has 1 heterocycles. The Morgan fingerprint density at radius 1 is 1.60 bits per heavy atom. The highest BCUT2D eigenvalue weighted by Gasteiger charge is 2.26. The number of rotatable bonds is 3. The molecule has 1 aromatic heterocycles. The molecule has 1 N–H and O–H groups in total. The lowest BCUT2D eigenvalue weighted by molar-refractivity contribution is -0.141. The molecule has 1 unspecified atom stereocenters. The SMILES string of the molecule is CCC(C(=O)O)n1nncc1C(C)(C)C. The molecule has 0 aliphatic rings. The first-order valence-electron chi connectivity index (χ1n) is 5.01. The minimum absolute atomic E-state index is 0.146. The van der Waals surface area contributed by atoms with E-state index in [4.69, 9.17) is 5.11 Å². The molecule has 0 aliphatic heterocycles. The van der Waals surface area contributed by atoms with Crippen molar-refractivity contribution in [3.05, 3.63) is 11.9 Å². The van der Waals surface area contributed by atoms with Gasteiger partial charge < -0.3 is 5.11 Å². The summed E-state index contributed by atoms with van der Waals surface area (Å²) >= 11 is 0. The fourth-order valence-electron chi connectivity index (χ4n) is 1.46. The average molecular weight is 211 g/mol. The van der Waals surface area contributed by atoms with Crippen LogP contribution in [0, 0.1) is 0 Å². The van der Waals surface area contributed by atoms with Crippen LogP contribution in [0.15, 0.2) is 6.20 Å². The highest BCUT2D eigenvalue weighted by molar-refractivity contribution is 5.71. The Kier molecular flexibility index (Phi) is 3.12. The molecular weight excluding hydrogens is 194 g/mol. The summed E-state index contributed by atoms with van der Waals surface area (Å²) in [4.78, 5) is 11.0. The molecule has 0 saturated heterocycles. The van der Waals surface area contributed by atoms with Gasteiger partial charge in [-0.1, -0.05) is 32.9 Å². The molecule has 5 heteroatoms. The van der Waals surface area contributed by atoms with Gasteiger partial charge in [0, 0.05) is 5.41 Å². The van der Waals surface area contributed by atoms with Crippen molar-refractivity contribution >= 4 is 5.97 Å². The van der Waals surface area contributed by atoms with Gasteiger partial charge in [-0.25, -0.2) is 9.48 Å². The molecule has 1 atom stereocenters. The normalized spacial score (nSPS) is 13.9. The summed E-state index contributed by atoms with van der Waals surface area (Å²) in [5, 5.41) is 16.7. The van der Waals surface area contributed by atoms with Gasteiger partial charge in [0.2, 0.25) is 0 Å². The van der Waals surface area contributed by atoms with Crippen LogP contribution in [0.1, 0.15) is 45.9 Å². The topological polar surface area (TPSA) is 68.0 Å². The van der Waals surface area contributed by atoms with Crippen LogP contribution >= 0.6 is 0 Å². The van der Waals surface area contributed by atoms with Gasteiger partial charge in [0.05, 0.1) is 11.9 Å². The highest BCUT2D eigenvalue weighted by Crippen LogP contribution is 2.24. The maximum absolute atomic E-state index is 11.0. The van der Waals surface area contributed by atoms with E-state index in [1.165, 1.54) is 4.68 Å². The van der Waals surface area contributed by atoms with Crippen LogP contribution in [0.5, 0.6) is 0 Å². The molecule has 15 heavy (non-hydrogen) atoms. The first kappa shape index (κ1) is 11.7. The van der Waals surface area contributed by atoms with Gasteiger partial charge >= 0.3 is 5.97 Å². The Hall–Kier alpha value is -1.39. The number of nitrogens with zero attached hydrogens (tertiary/aromatic N) is 3. The summed E-state index contributed by atoms with van der Waals surface area (Å²) in [6, 6.07) is -0.623. The predicted octanol–water partition coefficient (Wildman–Crippen LogP) is 1.61. The second-order valence-electron chi connectivity index (χ2n) is 4.58. The Morgan fingerprint density at radius 3 is 2.60 bits per heavy atom. The third kappa shape index (κ3) is 2.34. The van der Waals surface area contributed by atoms with Crippen molar-refractivity contribution in [2.24, 2.45) is 0 Å². The minimum atomic E-state index is -0.867. The lowest BCUT2D eigenvalue weighted by atomic mass is 9.92. The van der Waals surface area contributed by atoms with Crippen LogP contribution in [-0.2, 0) is 10.2 Å². The molecule has 0 bridgehead atoms. The van der Waals surface area contributed by atoms with Crippen molar-refractivity contribution in [1.29, 1.82) is 0 Å². The zero-order valence-corrected chi connectivity index (χ0v) is 9.56. The van der Waals surface area contributed by atoms with Crippen LogP contribution in [0.2, 0.25) is 0 Å². The van der Waals surface area contributed by atoms with Gasteiger partial charge in [0.25, 0.3) is 0 Å². The van der Waals surface area contributed by atoms with E-state index in [-0.39, 0.29) is 5.41 Å². The van der Waals surface area contributed by atoms with Crippen molar-refractivity contribution in [3.8, 4) is 0 Å². The van der Waals surface area contributed by atoms with E-state index in [2.05, 4.69) is 10.3 Å². The predicted molar refractivity (Wildman–Crippen MR) is 55.7 cm³/mol. The second kappa shape index (κ2) is 4.00. The van der Waals surface area contributed by atoms with Crippen molar-refractivity contribution < 1.29 is 9.90 Å². The third-order valence-corrected chi connectivity index (χ3v) is 2.31. The van der Waals surface area contributed by atoms with Gasteiger partial charge in [0.15, 0.2) is 6.04 Å². The second-order valence-corrected chi connectivity index (χ2v) is 4.58. The largest absolute Gasteiger partial charge is 0.480 e. The third-order valence-electron chi connectivity index (χ3n) is 2.31. The Morgan fingerprint density at radius 2 is 2.20 bits per heavy atom. The lowest BCUT2D eigenvalue weighted by Gasteiger charge is -2.21. The maximum Gasteiger partial charge on any atom is 0.328 e. The molecule has 0 amide bonds. The Labute approximate surface area is 89.1 Å². The summed E-state index contributed by atoms with van der Waals surface area (Å²) in [6.07, 6.45) is 2.13. The summed E-state index contributed by atoms with van der Waals surface area (Å²) in [6.45, 7) is 7.86. The fraction of sp³-hybridized carbons (Fsp3) is 0.700. The van der Waals surface area contributed by atoms with Crippen LogP contribution in [-0.4, -0.2) is 26.1 Å². The van der Waals surface area contributed by atoms with Gasteiger partial charge in [-0.3, -0.25) is 0 Å². The average Bonchev–Trinajstić information content (AvgIpc) is 2.52. The molecule has 0 aromatic carbocycles. The van der Waals surface area contributed by atoms with E-state index in [0.717, 1.165) is 5.69 Å². The molecule has 0 saturated carbocycles. The molecule has 5 nitrogen and oxygen atoms in total. The monoisotopic (exact) mass is 211 g/mol. The fourth-order valence-corrected chi connectivity index (χ4v) is 1.46. The maximum atomic E-state index is 11.0. The van der Waals surface area contributed by atoms with E-state index in [0.29, 0.717) is 6.42 Å². The number of carbonyl (C=O) groups is 1. The summed E-state index contributed by atoms with van der Waals surface area (Å²) < 4.78 is 1.50. The van der Waals surface area contributed by atoms with Crippen molar-refractivity contribution in [1.82, 2.24) is 15.0 Å². The summed E-state index contributed by atoms with van der Waals surface area (Å²) in [5.74, 6) is -0.867. The lowest BCUT2D eigenvalue weighted by Crippen LogP contribution is -2.26. The molecule has 0 radical (unpaired) electrons. The first-order chi connectivity index (χ1) is 6.88. The molecule has 1 aromatic rings. The van der Waals surface area contributed by atoms with Gasteiger partial charge in [-0.2, -0.15) is 0 Å². The van der Waals surface area contributed by atoms with Crippen LogP contribution in [0.25, 0.3) is 0 Å². The van der Waals surface area contributed by atoms with E-state index < -0.39 is 12.0 Å². The van der Waals surface area contributed by atoms with E-state index in [1.54, 1.807) is 6.20 Å². The molecule has 1 rings (SSSR count). The summed E-state index contributed by atoms with van der Waals surface area (Å²) in [5.41, 5.74) is 0.698. The molecule has 0 aliphatic carbocycles. The van der Waals surface area contributed by atoms with Crippen molar-refractivity contribution in [2.75, 3.05) is 0 Å². The molecule has 84 valence electrons. The van der Waals surface area contributed by atoms with Crippen molar-refractivity contribution in [3.63, 3.8) is 0 Å².